The monoisotopic (exact) mass is 339 g/mol. The summed E-state index contributed by atoms with van der Waals surface area (Å²) in [6.07, 6.45) is 5.70. The van der Waals surface area contributed by atoms with E-state index < -0.39 is 5.72 Å². The van der Waals surface area contributed by atoms with Crippen LogP contribution in [0.2, 0.25) is 0 Å². The topological polar surface area (TPSA) is 30.9 Å². The Hall–Kier alpha value is -1.72. The van der Waals surface area contributed by atoms with E-state index >= 15 is 0 Å². The summed E-state index contributed by atoms with van der Waals surface area (Å²) in [7, 11) is 1.93. The van der Waals surface area contributed by atoms with Gasteiger partial charge in [0.05, 0.1) is 0 Å². The minimum absolute atomic E-state index is 0.342. The highest BCUT2D eigenvalue weighted by molar-refractivity contribution is 5.35. The number of hydrogen-bond acceptors (Lipinski definition) is 4. The molecule has 1 atom stereocenters. The van der Waals surface area contributed by atoms with Gasteiger partial charge in [0, 0.05) is 24.1 Å². The van der Waals surface area contributed by atoms with E-state index in [0.717, 1.165) is 24.0 Å². The molecule has 1 unspecified atom stereocenters. The Morgan fingerprint density at radius 1 is 0.840 bits per heavy atom. The smallest absolute Gasteiger partial charge is 0.229 e. The van der Waals surface area contributed by atoms with Crippen molar-refractivity contribution in [3.8, 4) is 0 Å². The maximum absolute atomic E-state index is 6.24. The maximum atomic E-state index is 6.24. The van der Waals surface area contributed by atoms with Gasteiger partial charge in [-0.15, -0.1) is 5.06 Å². The van der Waals surface area contributed by atoms with Crippen molar-refractivity contribution in [3.63, 3.8) is 0 Å². The molecule has 1 saturated heterocycles. The van der Waals surface area contributed by atoms with Crippen molar-refractivity contribution in [3.05, 3.63) is 71.8 Å². The van der Waals surface area contributed by atoms with Crippen LogP contribution in [0.15, 0.2) is 60.7 Å². The van der Waals surface area contributed by atoms with Gasteiger partial charge < -0.3 is 0 Å². The van der Waals surface area contributed by atoms with Crippen molar-refractivity contribution in [2.24, 2.45) is 5.92 Å². The predicted molar refractivity (Wildman–Crippen MR) is 95.0 cm³/mol. The molecule has 2 aliphatic rings. The van der Waals surface area contributed by atoms with Gasteiger partial charge in [-0.25, -0.2) is 0 Å². The highest BCUT2D eigenvalue weighted by atomic mass is 17.3. The van der Waals surface area contributed by atoms with Crippen LogP contribution in [-0.2, 0) is 20.3 Å². The molecule has 1 saturated carbocycles. The highest BCUT2D eigenvalue weighted by Crippen LogP contribution is 2.42. The van der Waals surface area contributed by atoms with Crippen molar-refractivity contribution in [2.45, 2.75) is 44.1 Å². The Balaban J connectivity index is 1.66. The van der Waals surface area contributed by atoms with Crippen LogP contribution in [0.3, 0.4) is 0 Å². The molecule has 4 nitrogen and oxygen atoms in total. The van der Waals surface area contributed by atoms with Crippen LogP contribution in [0.4, 0.5) is 0 Å². The molecule has 0 N–H and O–H groups in total. The summed E-state index contributed by atoms with van der Waals surface area (Å²) in [5, 5.41) is 1.82. The molecule has 0 amide bonds. The Labute approximate surface area is 149 Å². The quantitative estimate of drug-likeness (QED) is 0.764. The summed E-state index contributed by atoms with van der Waals surface area (Å²) in [5.74, 6) is 0.390. The molecule has 2 aromatic carbocycles. The largest absolute Gasteiger partial charge is 0.261 e. The molecular formula is C21H25NO3. The minimum Gasteiger partial charge on any atom is -0.261 e. The number of nitrogens with zero attached hydrogens (tertiary/aromatic N) is 1. The Bertz CT molecular complexity index is 631. The maximum Gasteiger partial charge on any atom is 0.229 e. The second-order valence-electron chi connectivity index (χ2n) is 6.92. The SMILES string of the molecule is CN1OC(C2CCCCC2)OOC1(c1ccccc1)c1ccccc1. The van der Waals surface area contributed by atoms with E-state index in [2.05, 4.69) is 0 Å². The van der Waals surface area contributed by atoms with E-state index in [-0.39, 0.29) is 6.29 Å². The molecule has 1 heterocycles. The van der Waals surface area contributed by atoms with Crippen molar-refractivity contribution >= 4 is 0 Å². The van der Waals surface area contributed by atoms with Crippen molar-refractivity contribution in [2.75, 3.05) is 7.05 Å². The molecule has 4 rings (SSSR count). The van der Waals surface area contributed by atoms with E-state index in [9.17, 15) is 0 Å². The van der Waals surface area contributed by atoms with E-state index in [1.807, 2.05) is 72.8 Å². The fourth-order valence-electron chi connectivity index (χ4n) is 3.94. The fraction of sp³-hybridized carbons (Fsp3) is 0.429. The molecule has 4 heteroatoms. The normalized spacial score (nSPS) is 24.9. The van der Waals surface area contributed by atoms with Gasteiger partial charge in [-0.05, 0) is 12.8 Å². The number of rotatable bonds is 3. The molecule has 0 aromatic heterocycles. The zero-order chi connectivity index (χ0) is 17.1. The third kappa shape index (κ3) is 3.11. The van der Waals surface area contributed by atoms with E-state index in [1.165, 1.54) is 19.3 Å². The summed E-state index contributed by atoms with van der Waals surface area (Å²) < 4.78 is 0. The van der Waals surface area contributed by atoms with Gasteiger partial charge in [0.25, 0.3) is 0 Å². The molecule has 1 aliphatic carbocycles. The lowest BCUT2D eigenvalue weighted by Crippen LogP contribution is -2.55. The van der Waals surface area contributed by atoms with Crippen molar-refractivity contribution < 1.29 is 14.6 Å². The van der Waals surface area contributed by atoms with Gasteiger partial charge in [-0.3, -0.25) is 4.84 Å². The van der Waals surface area contributed by atoms with Gasteiger partial charge in [-0.1, -0.05) is 79.9 Å². The minimum atomic E-state index is -0.909. The molecule has 1 aliphatic heterocycles. The van der Waals surface area contributed by atoms with E-state index in [0.29, 0.717) is 5.92 Å². The molecule has 132 valence electrons. The van der Waals surface area contributed by atoms with Crippen LogP contribution in [-0.4, -0.2) is 18.4 Å². The summed E-state index contributed by atoms with van der Waals surface area (Å²) in [4.78, 5) is 18.2. The molecule has 0 bridgehead atoms. The molecular weight excluding hydrogens is 314 g/mol. The third-order valence-electron chi connectivity index (χ3n) is 5.33. The van der Waals surface area contributed by atoms with Gasteiger partial charge in [0.1, 0.15) is 0 Å². The second-order valence-corrected chi connectivity index (χ2v) is 6.92. The Morgan fingerprint density at radius 2 is 1.40 bits per heavy atom. The lowest BCUT2D eigenvalue weighted by molar-refractivity contribution is -0.559. The first-order valence-electron chi connectivity index (χ1n) is 9.17. The summed E-state index contributed by atoms with van der Waals surface area (Å²) in [6, 6.07) is 20.2. The lowest BCUT2D eigenvalue weighted by Gasteiger charge is -2.47. The summed E-state index contributed by atoms with van der Waals surface area (Å²) in [6.45, 7) is 0. The van der Waals surface area contributed by atoms with Gasteiger partial charge in [-0.2, -0.15) is 9.78 Å². The van der Waals surface area contributed by atoms with Crippen molar-refractivity contribution in [1.29, 1.82) is 0 Å². The van der Waals surface area contributed by atoms with Crippen LogP contribution in [0, 0.1) is 5.92 Å². The van der Waals surface area contributed by atoms with Gasteiger partial charge >= 0.3 is 0 Å². The third-order valence-corrected chi connectivity index (χ3v) is 5.33. The first-order chi connectivity index (χ1) is 12.3. The average Bonchev–Trinajstić information content (AvgIpc) is 2.70. The Kier molecular flexibility index (Phi) is 4.86. The molecule has 25 heavy (non-hydrogen) atoms. The van der Waals surface area contributed by atoms with Crippen molar-refractivity contribution in [1.82, 2.24) is 5.06 Å². The van der Waals surface area contributed by atoms with E-state index in [4.69, 9.17) is 14.6 Å². The number of benzene rings is 2. The van der Waals surface area contributed by atoms with Crippen LogP contribution in [0.1, 0.15) is 43.2 Å². The second kappa shape index (κ2) is 7.26. The predicted octanol–water partition coefficient (Wildman–Crippen LogP) is 4.62. The molecule has 0 radical (unpaired) electrons. The summed E-state index contributed by atoms with van der Waals surface area (Å²) >= 11 is 0. The zero-order valence-corrected chi connectivity index (χ0v) is 14.6. The first-order valence-corrected chi connectivity index (χ1v) is 9.17. The average molecular weight is 339 g/mol. The standard InChI is InChI=1S/C21H25NO3/c1-22-21(18-13-7-3-8-14-18,19-15-9-4-10-16-19)25-24-20(23-22)17-11-5-2-6-12-17/h3-4,7-10,13-17,20H,2,5-6,11-12H2,1H3. The van der Waals surface area contributed by atoms with Crippen LogP contribution in [0.5, 0.6) is 0 Å². The van der Waals surface area contributed by atoms with E-state index in [1.54, 1.807) is 0 Å². The highest BCUT2D eigenvalue weighted by Gasteiger charge is 2.48. The van der Waals surface area contributed by atoms with Gasteiger partial charge in [0.15, 0.2) is 0 Å². The molecule has 2 aromatic rings. The number of hydrogen-bond donors (Lipinski definition) is 0. The number of hydroxylamine groups is 2. The fourth-order valence-corrected chi connectivity index (χ4v) is 3.94. The molecule has 2 fully saturated rings. The van der Waals surface area contributed by atoms with Crippen LogP contribution >= 0.6 is 0 Å². The Morgan fingerprint density at radius 3 is 1.92 bits per heavy atom. The lowest BCUT2D eigenvalue weighted by atomic mass is 9.89. The molecule has 0 spiro atoms. The van der Waals surface area contributed by atoms with Crippen LogP contribution < -0.4 is 0 Å². The summed E-state index contributed by atoms with van der Waals surface area (Å²) in [5.41, 5.74) is 1.05. The first kappa shape index (κ1) is 16.7. The zero-order valence-electron chi connectivity index (χ0n) is 14.6. The van der Waals surface area contributed by atoms with Gasteiger partial charge in [0.2, 0.25) is 12.0 Å². The van der Waals surface area contributed by atoms with Crippen LogP contribution in [0.25, 0.3) is 0 Å².